The molecule has 122 valence electrons. The highest BCUT2D eigenvalue weighted by Gasteiger charge is 2.38. The summed E-state index contributed by atoms with van der Waals surface area (Å²) >= 11 is 0. The van der Waals surface area contributed by atoms with Gasteiger partial charge in [0.25, 0.3) is 0 Å². The summed E-state index contributed by atoms with van der Waals surface area (Å²) in [4.78, 5) is 12.7. The van der Waals surface area contributed by atoms with E-state index in [1.54, 1.807) is 0 Å². The Bertz CT molecular complexity index is 318. The number of carbonyl (C=O) groups excluding carboxylic acids is 1. The highest BCUT2D eigenvalue weighted by molar-refractivity contribution is 5.82. The van der Waals surface area contributed by atoms with E-state index >= 15 is 0 Å². The van der Waals surface area contributed by atoms with Gasteiger partial charge in [-0.2, -0.15) is 0 Å². The van der Waals surface area contributed by atoms with Crippen molar-refractivity contribution in [2.45, 2.75) is 71.6 Å². The maximum absolute atomic E-state index is 12.7. The average molecular weight is 294 g/mol. The van der Waals surface area contributed by atoms with Crippen molar-refractivity contribution in [2.75, 3.05) is 19.6 Å². The zero-order valence-electron chi connectivity index (χ0n) is 14.0. The lowest BCUT2D eigenvalue weighted by atomic mass is 9.74. The van der Waals surface area contributed by atoms with Gasteiger partial charge in [0.05, 0.1) is 5.41 Å². The van der Waals surface area contributed by atoms with Crippen LogP contribution in [0, 0.1) is 17.3 Å². The molecule has 1 aliphatic heterocycles. The highest BCUT2D eigenvalue weighted by atomic mass is 16.2. The third-order valence-electron chi connectivity index (χ3n) is 5.65. The normalized spacial score (nSPS) is 29.0. The van der Waals surface area contributed by atoms with E-state index in [0.29, 0.717) is 5.91 Å². The minimum Gasteiger partial charge on any atom is -0.356 e. The van der Waals surface area contributed by atoms with Gasteiger partial charge in [0.15, 0.2) is 0 Å². The molecule has 2 N–H and O–H groups in total. The molecular weight excluding hydrogens is 260 g/mol. The first-order chi connectivity index (χ1) is 10.2. The number of rotatable bonds is 6. The van der Waals surface area contributed by atoms with E-state index in [1.807, 2.05) is 0 Å². The quantitative estimate of drug-likeness (QED) is 0.787. The Kier molecular flexibility index (Phi) is 6.53. The van der Waals surface area contributed by atoms with E-state index in [4.69, 9.17) is 0 Å². The number of amides is 1. The fraction of sp³-hybridized carbons (Fsp3) is 0.944. The van der Waals surface area contributed by atoms with Crippen molar-refractivity contribution < 1.29 is 4.79 Å². The van der Waals surface area contributed by atoms with Crippen LogP contribution < -0.4 is 10.6 Å². The Hall–Kier alpha value is -0.570. The van der Waals surface area contributed by atoms with Gasteiger partial charge in [0.1, 0.15) is 0 Å². The van der Waals surface area contributed by atoms with Crippen molar-refractivity contribution >= 4 is 5.91 Å². The fourth-order valence-electron chi connectivity index (χ4n) is 4.37. The van der Waals surface area contributed by atoms with E-state index in [-0.39, 0.29) is 5.41 Å². The van der Waals surface area contributed by atoms with Crippen LogP contribution in [0.15, 0.2) is 0 Å². The van der Waals surface area contributed by atoms with Crippen LogP contribution >= 0.6 is 0 Å². The molecule has 0 radical (unpaired) electrons. The van der Waals surface area contributed by atoms with Crippen LogP contribution in [0.1, 0.15) is 71.6 Å². The molecule has 2 fully saturated rings. The van der Waals surface area contributed by atoms with Crippen LogP contribution in [-0.4, -0.2) is 25.5 Å². The van der Waals surface area contributed by atoms with Crippen LogP contribution in [0.25, 0.3) is 0 Å². The summed E-state index contributed by atoms with van der Waals surface area (Å²) in [5.74, 6) is 2.05. The molecule has 2 atom stereocenters. The molecule has 0 aromatic carbocycles. The van der Waals surface area contributed by atoms with Gasteiger partial charge in [-0.15, -0.1) is 0 Å². The molecule has 1 aliphatic carbocycles. The molecular formula is C18H34N2O. The zero-order chi connectivity index (χ0) is 15.1. The van der Waals surface area contributed by atoms with Gasteiger partial charge in [0.2, 0.25) is 5.91 Å². The third-order valence-corrected chi connectivity index (χ3v) is 5.65. The van der Waals surface area contributed by atoms with Gasteiger partial charge in [-0.25, -0.2) is 0 Å². The lowest BCUT2D eigenvalue weighted by Gasteiger charge is -2.36. The molecule has 21 heavy (non-hydrogen) atoms. The molecule has 3 nitrogen and oxygen atoms in total. The molecule has 1 amide bonds. The second-order valence-corrected chi connectivity index (χ2v) is 7.46. The molecule has 3 heteroatoms. The lowest BCUT2D eigenvalue weighted by Crippen LogP contribution is -2.48. The van der Waals surface area contributed by atoms with Crippen LogP contribution in [-0.2, 0) is 4.79 Å². The Morgan fingerprint density at radius 3 is 2.71 bits per heavy atom. The van der Waals surface area contributed by atoms with Gasteiger partial charge in [-0.3, -0.25) is 4.79 Å². The maximum Gasteiger partial charge on any atom is 0.226 e. The Morgan fingerprint density at radius 2 is 2.05 bits per heavy atom. The average Bonchev–Trinajstić information content (AvgIpc) is 2.48. The topological polar surface area (TPSA) is 41.1 Å². The van der Waals surface area contributed by atoms with Gasteiger partial charge in [0, 0.05) is 6.54 Å². The number of nitrogens with one attached hydrogen (secondary N) is 2. The van der Waals surface area contributed by atoms with Gasteiger partial charge >= 0.3 is 0 Å². The van der Waals surface area contributed by atoms with E-state index in [0.717, 1.165) is 57.2 Å². The van der Waals surface area contributed by atoms with Crippen LogP contribution in [0.4, 0.5) is 0 Å². The van der Waals surface area contributed by atoms with Crippen molar-refractivity contribution in [3.05, 3.63) is 0 Å². The molecule has 2 aliphatic rings. The first-order valence-electron chi connectivity index (χ1n) is 9.15. The summed E-state index contributed by atoms with van der Waals surface area (Å²) in [5, 5.41) is 6.66. The molecule has 1 saturated heterocycles. The van der Waals surface area contributed by atoms with Gasteiger partial charge < -0.3 is 10.6 Å². The Balaban J connectivity index is 1.76. The summed E-state index contributed by atoms with van der Waals surface area (Å²) in [7, 11) is 0. The smallest absolute Gasteiger partial charge is 0.226 e. The summed E-state index contributed by atoms with van der Waals surface area (Å²) in [6, 6.07) is 0. The van der Waals surface area contributed by atoms with E-state index in [2.05, 4.69) is 24.5 Å². The Morgan fingerprint density at radius 1 is 1.29 bits per heavy atom. The predicted molar refractivity (Wildman–Crippen MR) is 88.2 cm³/mol. The minimum absolute atomic E-state index is 0.0835. The molecule has 0 aromatic heterocycles. The molecule has 2 rings (SSSR count). The first-order valence-corrected chi connectivity index (χ1v) is 9.15. The zero-order valence-corrected chi connectivity index (χ0v) is 14.0. The van der Waals surface area contributed by atoms with Crippen molar-refractivity contribution in [2.24, 2.45) is 17.3 Å². The van der Waals surface area contributed by atoms with Gasteiger partial charge in [-0.05, 0) is 57.0 Å². The van der Waals surface area contributed by atoms with Crippen molar-refractivity contribution in [1.82, 2.24) is 10.6 Å². The first kappa shape index (κ1) is 16.8. The van der Waals surface area contributed by atoms with E-state index in [9.17, 15) is 4.79 Å². The third kappa shape index (κ3) is 4.70. The molecule has 2 unspecified atom stereocenters. The second-order valence-electron chi connectivity index (χ2n) is 7.46. The lowest BCUT2D eigenvalue weighted by molar-refractivity contribution is -0.133. The van der Waals surface area contributed by atoms with Crippen LogP contribution in [0.5, 0.6) is 0 Å². The van der Waals surface area contributed by atoms with Crippen molar-refractivity contribution in [1.29, 1.82) is 0 Å². The molecule has 1 saturated carbocycles. The van der Waals surface area contributed by atoms with E-state index in [1.165, 1.54) is 32.1 Å². The van der Waals surface area contributed by atoms with Crippen molar-refractivity contribution in [3.63, 3.8) is 0 Å². The monoisotopic (exact) mass is 294 g/mol. The van der Waals surface area contributed by atoms with Crippen LogP contribution in [0.2, 0.25) is 0 Å². The largest absolute Gasteiger partial charge is 0.356 e. The second kappa shape index (κ2) is 8.17. The highest BCUT2D eigenvalue weighted by Crippen LogP contribution is 2.34. The summed E-state index contributed by atoms with van der Waals surface area (Å²) in [6.45, 7) is 7.44. The number of piperidine rings is 1. The standard InChI is InChI=1S/C18H34N2O/c1-3-8-18(9-12-19-13-10-18)17(21)20-11-7-16-6-4-5-15(2)14-16/h15-16,19H,3-14H2,1-2H3,(H,20,21). The molecule has 1 heterocycles. The van der Waals surface area contributed by atoms with Crippen molar-refractivity contribution in [3.8, 4) is 0 Å². The molecule has 0 aromatic rings. The number of carbonyl (C=O) groups is 1. The molecule has 0 bridgehead atoms. The Labute approximate surface area is 130 Å². The van der Waals surface area contributed by atoms with Crippen LogP contribution in [0.3, 0.4) is 0 Å². The van der Waals surface area contributed by atoms with Gasteiger partial charge in [-0.1, -0.05) is 39.5 Å². The van der Waals surface area contributed by atoms with E-state index < -0.39 is 0 Å². The minimum atomic E-state index is -0.0835. The summed E-state index contributed by atoms with van der Waals surface area (Å²) in [6.07, 6.45) is 10.8. The predicted octanol–water partition coefficient (Wildman–Crippen LogP) is 3.49. The molecule has 0 spiro atoms. The fourth-order valence-corrected chi connectivity index (χ4v) is 4.37. The SMILES string of the molecule is CCCC1(C(=O)NCCC2CCCC(C)C2)CCNCC1. The number of hydrogen-bond acceptors (Lipinski definition) is 2. The number of hydrogen-bond donors (Lipinski definition) is 2. The summed E-state index contributed by atoms with van der Waals surface area (Å²) in [5.41, 5.74) is -0.0835. The maximum atomic E-state index is 12.7. The summed E-state index contributed by atoms with van der Waals surface area (Å²) < 4.78 is 0.